The number of rotatable bonds is 4. The predicted octanol–water partition coefficient (Wildman–Crippen LogP) is -0.0841. The summed E-state index contributed by atoms with van der Waals surface area (Å²) >= 11 is 0. The molecule has 82 valence electrons. The highest BCUT2D eigenvalue weighted by atomic mass is 16.4. The van der Waals surface area contributed by atoms with Gasteiger partial charge in [-0.3, -0.25) is 14.5 Å². The van der Waals surface area contributed by atoms with Crippen LogP contribution in [-0.4, -0.2) is 47.6 Å². The predicted molar refractivity (Wildman–Crippen MR) is 53.0 cm³/mol. The van der Waals surface area contributed by atoms with E-state index in [-0.39, 0.29) is 5.91 Å². The SMILES string of the molecule is C[C@H](NC(=O)C(C)(C)N(C)C)C(=O)O. The molecule has 0 heterocycles. The second kappa shape index (κ2) is 4.41. The molecule has 0 rings (SSSR count). The standard InChI is InChI=1S/C9H18N2O3/c1-6(7(12)13)10-8(14)9(2,3)11(4)5/h6H,1-5H3,(H,10,14)(H,12,13)/t6-/m0/s1. The number of nitrogens with one attached hydrogen (secondary N) is 1. The van der Waals surface area contributed by atoms with E-state index in [2.05, 4.69) is 5.32 Å². The fourth-order valence-electron chi connectivity index (χ4n) is 0.638. The van der Waals surface area contributed by atoms with Crippen LogP contribution >= 0.6 is 0 Å². The van der Waals surface area contributed by atoms with Gasteiger partial charge in [-0.2, -0.15) is 0 Å². The molecule has 0 saturated heterocycles. The molecule has 0 spiro atoms. The maximum absolute atomic E-state index is 11.6. The molecule has 0 aromatic heterocycles. The maximum Gasteiger partial charge on any atom is 0.325 e. The molecule has 0 saturated carbocycles. The minimum absolute atomic E-state index is 0.294. The summed E-state index contributed by atoms with van der Waals surface area (Å²) in [6, 6.07) is -0.860. The Hall–Kier alpha value is -1.10. The molecule has 0 aliphatic rings. The first-order valence-corrected chi connectivity index (χ1v) is 4.40. The number of hydrogen-bond donors (Lipinski definition) is 2. The van der Waals surface area contributed by atoms with Gasteiger partial charge in [-0.25, -0.2) is 0 Å². The first-order valence-electron chi connectivity index (χ1n) is 4.40. The number of hydrogen-bond acceptors (Lipinski definition) is 3. The quantitative estimate of drug-likeness (QED) is 0.668. The zero-order chi connectivity index (χ0) is 11.5. The van der Waals surface area contributed by atoms with Gasteiger partial charge in [0.15, 0.2) is 0 Å². The third-order valence-electron chi connectivity index (χ3n) is 2.39. The number of likely N-dealkylation sites (N-methyl/N-ethyl adjacent to an activating group) is 1. The van der Waals surface area contributed by atoms with Crippen LogP contribution in [0, 0.1) is 0 Å². The van der Waals surface area contributed by atoms with Gasteiger partial charge in [0.25, 0.3) is 0 Å². The van der Waals surface area contributed by atoms with E-state index in [4.69, 9.17) is 5.11 Å². The molecule has 0 aromatic rings. The van der Waals surface area contributed by atoms with Gasteiger partial charge in [0.1, 0.15) is 6.04 Å². The molecular weight excluding hydrogens is 184 g/mol. The van der Waals surface area contributed by atoms with E-state index < -0.39 is 17.6 Å². The van der Waals surface area contributed by atoms with Crippen molar-refractivity contribution in [3.63, 3.8) is 0 Å². The van der Waals surface area contributed by atoms with Crippen LogP contribution in [0.2, 0.25) is 0 Å². The second-order valence-corrected chi connectivity index (χ2v) is 3.99. The van der Waals surface area contributed by atoms with Crippen molar-refractivity contribution >= 4 is 11.9 Å². The van der Waals surface area contributed by atoms with Gasteiger partial charge in [-0.05, 0) is 34.9 Å². The summed E-state index contributed by atoms with van der Waals surface area (Å²) in [4.78, 5) is 23.8. The number of carboxylic acid groups (broad SMARTS) is 1. The van der Waals surface area contributed by atoms with E-state index in [1.165, 1.54) is 6.92 Å². The summed E-state index contributed by atoms with van der Waals surface area (Å²) in [7, 11) is 3.54. The summed E-state index contributed by atoms with van der Waals surface area (Å²) in [6.07, 6.45) is 0. The summed E-state index contributed by atoms with van der Waals surface area (Å²) in [5, 5.41) is 11.0. The smallest absolute Gasteiger partial charge is 0.325 e. The molecule has 0 aliphatic carbocycles. The van der Waals surface area contributed by atoms with Gasteiger partial charge in [-0.1, -0.05) is 0 Å². The molecule has 0 unspecified atom stereocenters. The third kappa shape index (κ3) is 2.99. The lowest BCUT2D eigenvalue weighted by atomic mass is 10.0. The van der Waals surface area contributed by atoms with Crippen LogP contribution in [0.4, 0.5) is 0 Å². The minimum Gasteiger partial charge on any atom is -0.480 e. The molecule has 5 nitrogen and oxygen atoms in total. The number of nitrogens with zero attached hydrogens (tertiary/aromatic N) is 1. The first kappa shape index (κ1) is 12.9. The van der Waals surface area contributed by atoms with Crippen molar-refractivity contribution in [1.29, 1.82) is 0 Å². The Balaban J connectivity index is 4.42. The van der Waals surface area contributed by atoms with Crippen LogP contribution in [-0.2, 0) is 9.59 Å². The number of carboxylic acids is 1. The molecule has 14 heavy (non-hydrogen) atoms. The average Bonchev–Trinajstić information content (AvgIpc) is 2.03. The summed E-state index contributed by atoms with van der Waals surface area (Å²) < 4.78 is 0. The lowest BCUT2D eigenvalue weighted by molar-refractivity contribution is -0.143. The molecule has 0 bridgehead atoms. The third-order valence-corrected chi connectivity index (χ3v) is 2.39. The molecule has 1 atom stereocenters. The molecule has 0 aromatic carbocycles. The summed E-state index contributed by atoms with van der Waals surface area (Å²) in [5.74, 6) is -1.33. The lowest BCUT2D eigenvalue weighted by Crippen LogP contribution is -2.55. The fraction of sp³-hybridized carbons (Fsp3) is 0.778. The Morgan fingerprint density at radius 2 is 1.79 bits per heavy atom. The average molecular weight is 202 g/mol. The van der Waals surface area contributed by atoms with Crippen LogP contribution in [0.15, 0.2) is 0 Å². The highest BCUT2D eigenvalue weighted by Gasteiger charge is 2.31. The van der Waals surface area contributed by atoms with E-state index >= 15 is 0 Å². The Morgan fingerprint density at radius 3 is 2.07 bits per heavy atom. The van der Waals surface area contributed by atoms with Crippen molar-refractivity contribution in [2.45, 2.75) is 32.4 Å². The summed E-state index contributed by atoms with van der Waals surface area (Å²) in [5.41, 5.74) is -0.705. The van der Waals surface area contributed by atoms with Crippen LogP contribution in [0.5, 0.6) is 0 Å². The van der Waals surface area contributed by atoms with Crippen molar-refractivity contribution in [1.82, 2.24) is 10.2 Å². The van der Waals surface area contributed by atoms with Gasteiger partial charge in [-0.15, -0.1) is 0 Å². The van der Waals surface area contributed by atoms with Crippen molar-refractivity contribution in [2.24, 2.45) is 0 Å². The maximum atomic E-state index is 11.6. The van der Waals surface area contributed by atoms with Crippen molar-refractivity contribution in [2.75, 3.05) is 14.1 Å². The highest BCUT2D eigenvalue weighted by molar-refractivity contribution is 5.89. The first-order chi connectivity index (χ1) is 6.19. The summed E-state index contributed by atoms with van der Waals surface area (Å²) in [6.45, 7) is 4.90. The van der Waals surface area contributed by atoms with Gasteiger partial charge in [0.05, 0.1) is 5.54 Å². The van der Waals surface area contributed by atoms with Crippen LogP contribution in [0.1, 0.15) is 20.8 Å². The van der Waals surface area contributed by atoms with Crippen LogP contribution < -0.4 is 5.32 Å². The number of amides is 1. The zero-order valence-electron chi connectivity index (χ0n) is 9.29. The largest absolute Gasteiger partial charge is 0.480 e. The Morgan fingerprint density at radius 1 is 1.36 bits per heavy atom. The number of carbonyl (C=O) groups excluding carboxylic acids is 1. The van der Waals surface area contributed by atoms with Crippen LogP contribution in [0.3, 0.4) is 0 Å². The van der Waals surface area contributed by atoms with Gasteiger partial charge < -0.3 is 10.4 Å². The van der Waals surface area contributed by atoms with E-state index in [1.807, 2.05) is 0 Å². The van der Waals surface area contributed by atoms with Crippen molar-refractivity contribution < 1.29 is 14.7 Å². The van der Waals surface area contributed by atoms with E-state index in [9.17, 15) is 9.59 Å². The lowest BCUT2D eigenvalue weighted by Gasteiger charge is -2.31. The molecule has 1 amide bonds. The van der Waals surface area contributed by atoms with Gasteiger partial charge in [0, 0.05) is 0 Å². The minimum atomic E-state index is -1.03. The van der Waals surface area contributed by atoms with E-state index in [0.717, 1.165) is 0 Å². The Bertz CT molecular complexity index is 236. The molecule has 0 radical (unpaired) electrons. The number of carbonyl (C=O) groups is 2. The Labute approximate surface area is 84.1 Å². The molecule has 5 heteroatoms. The van der Waals surface area contributed by atoms with E-state index in [0.29, 0.717) is 0 Å². The molecular formula is C9H18N2O3. The normalized spacial score (nSPS) is 13.9. The molecule has 2 N–H and O–H groups in total. The van der Waals surface area contributed by atoms with E-state index in [1.54, 1.807) is 32.8 Å². The highest BCUT2D eigenvalue weighted by Crippen LogP contribution is 2.09. The topological polar surface area (TPSA) is 69.6 Å². The zero-order valence-corrected chi connectivity index (χ0v) is 9.29. The molecule has 0 aliphatic heterocycles. The van der Waals surface area contributed by atoms with Gasteiger partial charge in [0.2, 0.25) is 5.91 Å². The number of aliphatic carboxylic acids is 1. The monoisotopic (exact) mass is 202 g/mol. The van der Waals surface area contributed by atoms with Gasteiger partial charge >= 0.3 is 5.97 Å². The van der Waals surface area contributed by atoms with Crippen molar-refractivity contribution in [3.05, 3.63) is 0 Å². The second-order valence-electron chi connectivity index (χ2n) is 3.99. The fourth-order valence-corrected chi connectivity index (χ4v) is 0.638. The molecule has 0 fully saturated rings. The Kier molecular flexibility index (Phi) is 4.07. The van der Waals surface area contributed by atoms with Crippen LogP contribution in [0.25, 0.3) is 0 Å². The van der Waals surface area contributed by atoms with Crippen molar-refractivity contribution in [3.8, 4) is 0 Å².